The van der Waals surface area contributed by atoms with Crippen molar-refractivity contribution in [1.29, 1.82) is 0 Å². The summed E-state index contributed by atoms with van der Waals surface area (Å²) in [6.45, 7) is 3.51. The number of rotatable bonds is 3. The minimum atomic E-state index is 0.0400. The summed E-state index contributed by atoms with van der Waals surface area (Å²) < 4.78 is 6.05. The molecule has 3 saturated heterocycles. The quantitative estimate of drug-likeness (QED) is 0.924. The Morgan fingerprint density at radius 2 is 2.13 bits per heavy atom. The van der Waals surface area contributed by atoms with Gasteiger partial charge in [0.2, 0.25) is 5.91 Å². The van der Waals surface area contributed by atoms with Crippen LogP contribution in [0, 0.1) is 5.92 Å². The van der Waals surface area contributed by atoms with E-state index in [-0.39, 0.29) is 12.2 Å². The highest BCUT2D eigenvalue weighted by atomic mass is 32.1. The van der Waals surface area contributed by atoms with Gasteiger partial charge in [0.1, 0.15) is 6.10 Å². The molecule has 0 aliphatic carbocycles. The molecule has 4 unspecified atom stereocenters. The Labute approximate surface area is 142 Å². The number of fused-ring (bicyclic) bond motifs is 2. The standard InChI is InChI=1S/C18H26N2O2S/c1-12-9-20(10-17(22-12)14-4-5-23-11-14)18(21)8-13-6-15-2-3-16(7-13)19-15/h4-5,11-13,15-17,19H,2-3,6-10H2,1H3. The lowest BCUT2D eigenvalue weighted by molar-refractivity contribution is -0.146. The molecular formula is C18H26N2O2S. The maximum Gasteiger partial charge on any atom is 0.223 e. The van der Waals surface area contributed by atoms with Gasteiger partial charge in [-0.25, -0.2) is 0 Å². The Hall–Kier alpha value is -0.910. The highest BCUT2D eigenvalue weighted by Gasteiger charge is 2.36. The second kappa shape index (κ2) is 6.54. The van der Waals surface area contributed by atoms with Gasteiger partial charge in [-0.3, -0.25) is 4.79 Å². The highest BCUT2D eigenvalue weighted by molar-refractivity contribution is 7.07. The normalized spacial score (nSPS) is 37.1. The number of nitrogens with zero attached hydrogens (tertiary/aromatic N) is 1. The SMILES string of the molecule is CC1CN(C(=O)CC2CC3CCC(C2)N3)CC(c2ccsc2)O1. The van der Waals surface area contributed by atoms with E-state index in [2.05, 4.69) is 29.1 Å². The zero-order valence-corrected chi connectivity index (χ0v) is 14.6. The Bertz CT molecular complexity index is 535. The van der Waals surface area contributed by atoms with Crippen LogP contribution in [0.1, 0.15) is 50.7 Å². The first kappa shape index (κ1) is 15.6. The zero-order valence-electron chi connectivity index (χ0n) is 13.7. The number of nitrogens with one attached hydrogen (secondary N) is 1. The molecule has 126 valence electrons. The molecule has 3 aliphatic heterocycles. The number of carbonyl (C=O) groups excluding carboxylic acids is 1. The number of carbonyl (C=O) groups is 1. The Morgan fingerprint density at radius 1 is 1.35 bits per heavy atom. The van der Waals surface area contributed by atoms with E-state index in [4.69, 9.17) is 4.74 Å². The van der Waals surface area contributed by atoms with Crippen LogP contribution in [-0.4, -0.2) is 42.1 Å². The molecule has 3 aliphatic rings. The third-order valence-electron chi connectivity index (χ3n) is 5.56. The molecule has 0 radical (unpaired) electrons. The number of piperidine rings is 1. The van der Waals surface area contributed by atoms with Crippen molar-refractivity contribution in [1.82, 2.24) is 10.2 Å². The lowest BCUT2D eigenvalue weighted by atomic mass is 9.89. The van der Waals surface area contributed by atoms with E-state index in [1.54, 1.807) is 11.3 Å². The maximum atomic E-state index is 12.8. The van der Waals surface area contributed by atoms with Crippen LogP contribution < -0.4 is 5.32 Å². The van der Waals surface area contributed by atoms with Crippen molar-refractivity contribution in [3.8, 4) is 0 Å². The highest BCUT2D eigenvalue weighted by Crippen LogP contribution is 2.34. The van der Waals surface area contributed by atoms with Crippen LogP contribution in [0.15, 0.2) is 16.8 Å². The van der Waals surface area contributed by atoms with Crippen molar-refractivity contribution in [2.45, 2.75) is 63.3 Å². The fourth-order valence-corrected chi connectivity index (χ4v) is 5.22. The van der Waals surface area contributed by atoms with Gasteiger partial charge in [-0.2, -0.15) is 11.3 Å². The van der Waals surface area contributed by atoms with Crippen molar-refractivity contribution in [3.63, 3.8) is 0 Å². The number of hydrogen-bond acceptors (Lipinski definition) is 4. The van der Waals surface area contributed by atoms with Gasteiger partial charge in [0, 0.05) is 25.0 Å². The lowest BCUT2D eigenvalue weighted by Gasteiger charge is -2.38. The number of ether oxygens (including phenoxy) is 1. The summed E-state index contributed by atoms with van der Waals surface area (Å²) in [5.74, 6) is 0.894. The average Bonchev–Trinajstić information content (AvgIpc) is 3.16. The zero-order chi connectivity index (χ0) is 15.8. The minimum Gasteiger partial charge on any atom is -0.367 e. The second-order valence-electron chi connectivity index (χ2n) is 7.47. The summed E-state index contributed by atoms with van der Waals surface area (Å²) in [7, 11) is 0. The van der Waals surface area contributed by atoms with Crippen LogP contribution in [0.5, 0.6) is 0 Å². The molecule has 0 aromatic carbocycles. The maximum absolute atomic E-state index is 12.8. The monoisotopic (exact) mass is 334 g/mol. The molecule has 4 atom stereocenters. The van der Waals surface area contributed by atoms with E-state index < -0.39 is 0 Å². The molecule has 1 aromatic rings. The number of hydrogen-bond donors (Lipinski definition) is 1. The third kappa shape index (κ3) is 3.47. The molecule has 4 nitrogen and oxygen atoms in total. The fourth-order valence-electron chi connectivity index (χ4n) is 4.52. The number of morpholine rings is 1. The van der Waals surface area contributed by atoms with Crippen molar-refractivity contribution in [2.24, 2.45) is 5.92 Å². The summed E-state index contributed by atoms with van der Waals surface area (Å²) >= 11 is 1.69. The van der Waals surface area contributed by atoms with Crippen LogP contribution in [-0.2, 0) is 9.53 Å². The third-order valence-corrected chi connectivity index (χ3v) is 6.26. The Kier molecular flexibility index (Phi) is 4.43. The smallest absolute Gasteiger partial charge is 0.223 e. The molecule has 23 heavy (non-hydrogen) atoms. The van der Waals surface area contributed by atoms with Crippen LogP contribution in [0.2, 0.25) is 0 Å². The van der Waals surface area contributed by atoms with Crippen molar-refractivity contribution in [2.75, 3.05) is 13.1 Å². The van der Waals surface area contributed by atoms with Gasteiger partial charge >= 0.3 is 0 Å². The summed E-state index contributed by atoms with van der Waals surface area (Å²) in [4.78, 5) is 14.9. The van der Waals surface area contributed by atoms with Crippen LogP contribution in [0.25, 0.3) is 0 Å². The van der Waals surface area contributed by atoms with Crippen LogP contribution in [0.3, 0.4) is 0 Å². The first-order chi connectivity index (χ1) is 11.2. The van der Waals surface area contributed by atoms with Crippen molar-refractivity contribution in [3.05, 3.63) is 22.4 Å². The van der Waals surface area contributed by atoms with Crippen molar-refractivity contribution >= 4 is 17.2 Å². The van der Waals surface area contributed by atoms with Crippen LogP contribution >= 0.6 is 11.3 Å². The first-order valence-corrected chi connectivity index (χ1v) is 9.83. The minimum absolute atomic E-state index is 0.0400. The van der Waals surface area contributed by atoms with E-state index in [1.165, 1.54) is 31.2 Å². The van der Waals surface area contributed by atoms with Gasteiger partial charge in [-0.1, -0.05) is 0 Å². The van der Waals surface area contributed by atoms with Gasteiger partial charge in [0.25, 0.3) is 0 Å². The summed E-state index contributed by atoms with van der Waals surface area (Å²) in [5, 5.41) is 7.88. The molecule has 1 N–H and O–H groups in total. The largest absolute Gasteiger partial charge is 0.367 e. The first-order valence-electron chi connectivity index (χ1n) is 8.88. The molecule has 1 amide bonds. The van der Waals surface area contributed by atoms with E-state index >= 15 is 0 Å². The van der Waals surface area contributed by atoms with E-state index in [0.29, 0.717) is 30.5 Å². The molecule has 4 rings (SSSR count). The van der Waals surface area contributed by atoms with Gasteiger partial charge in [-0.15, -0.1) is 0 Å². The fraction of sp³-hybridized carbons (Fsp3) is 0.722. The number of amides is 1. The number of thiophene rings is 1. The summed E-state index contributed by atoms with van der Waals surface area (Å²) in [5.41, 5.74) is 1.21. The molecule has 5 heteroatoms. The predicted molar refractivity (Wildman–Crippen MR) is 91.5 cm³/mol. The topological polar surface area (TPSA) is 41.6 Å². The van der Waals surface area contributed by atoms with Gasteiger partial charge in [-0.05, 0) is 60.9 Å². The predicted octanol–water partition coefficient (Wildman–Crippen LogP) is 2.96. The van der Waals surface area contributed by atoms with E-state index in [1.807, 2.05) is 4.90 Å². The molecule has 1 aromatic heterocycles. The van der Waals surface area contributed by atoms with Gasteiger partial charge in [0.05, 0.1) is 12.6 Å². The molecule has 4 heterocycles. The van der Waals surface area contributed by atoms with Gasteiger partial charge in [0.15, 0.2) is 0 Å². The molecular weight excluding hydrogens is 308 g/mol. The summed E-state index contributed by atoms with van der Waals surface area (Å²) in [6.07, 6.45) is 5.82. The molecule has 3 fully saturated rings. The molecule has 0 saturated carbocycles. The van der Waals surface area contributed by atoms with E-state index in [0.717, 1.165) is 13.0 Å². The summed E-state index contributed by atoms with van der Waals surface area (Å²) in [6, 6.07) is 3.43. The lowest BCUT2D eigenvalue weighted by Crippen LogP contribution is -2.47. The Morgan fingerprint density at radius 3 is 2.83 bits per heavy atom. The van der Waals surface area contributed by atoms with Crippen LogP contribution in [0.4, 0.5) is 0 Å². The van der Waals surface area contributed by atoms with E-state index in [9.17, 15) is 4.79 Å². The average molecular weight is 334 g/mol. The van der Waals surface area contributed by atoms with Gasteiger partial charge < -0.3 is 15.0 Å². The van der Waals surface area contributed by atoms with Crippen molar-refractivity contribution < 1.29 is 9.53 Å². The molecule has 0 spiro atoms. The Balaban J connectivity index is 1.37. The second-order valence-corrected chi connectivity index (χ2v) is 8.25. The molecule has 2 bridgehead atoms.